The molecule has 79 heavy (non-hydrogen) atoms. The van der Waals surface area contributed by atoms with Gasteiger partial charge in [-0.3, -0.25) is 0 Å². The van der Waals surface area contributed by atoms with Crippen LogP contribution in [-0.2, 0) is 0 Å². The van der Waals surface area contributed by atoms with Gasteiger partial charge in [0.1, 0.15) is 76.9 Å². The summed E-state index contributed by atoms with van der Waals surface area (Å²) in [4.78, 5) is 29.3. The fourth-order valence-corrected chi connectivity index (χ4v) is 9.09. The number of alkyl halides is 4. The number of nitrogens with one attached hydrogen (secondary N) is 2. The number of pyridine rings is 2. The van der Waals surface area contributed by atoms with Gasteiger partial charge < -0.3 is 44.2 Å². The van der Waals surface area contributed by atoms with Gasteiger partial charge in [-0.05, 0) is 118 Å². The van der Waals surface area contributed by atoms with Gasteiger partial charge in [-0.2, -0.15) is 5.10 Å². The highest BCUT2D eigenvalue weighted by Gasteiger charge is 2.43. The molecule has 2 aliphatic rings. The number of likely N-dealkylation sites (tertiary alicyclic amines) is 2. The average Bonchev–Trinajstić information content (AvgIpc) is 4.08. The Bertz CT molecular complexity index is 3740. The van der Waals surface area contributed by atoms with E-state index in [9.17, 15) is 22.0 Å². The van der Waals surface area contributed by atoms with Crippen molar-refractivity contribution in [2.24, 2.45) is 0 Å². The summed E-state index contributed by atoms with van der Waals surface area (Å²) in [5.74, 6) is -2.22. The first-order valence-electron chi connectivity index (χ1n) is 25.5. The normalized spacial score (nSPS) is 17.4. The third-order valence-electron chi connectivity index (χ3n) is 13.6. The van der Waals surface area contributed by atoms with Crippen molar-refractivity contribution >= 4 is 56.1 Å². The van der Waals surface area contributed by atoms with Gasteiger partial charge >= 0.3 is 0 Å². The van der Waals surface area contributed by atoms with Gasteiger partial charge in [0.25, 0.3) is 11.8 Å². The molecule has 0 spiro atoms. The second-order valence-electron chi connectivity index (χ2n) is 19.5. The van der Waals surface area contributed by atoms with E-state index < -0.39 is 24.1 Å². The number of anilines is 4. The maximum Gasteiger partial charge on any atom is 0.285 e. The molecule has 17 nitrogen and oxygen atoms in total. The van der Waals surface area contributed by atoms with Crippen LogP contribution in [0.1, 0.15) is 36.8 Å². The number of hydrogen-bond acceptors (Lipinski definition) is 15. The standard InChI is InChI=1S/C29H28F2N6O2.C21H15FN6O.C7H13F2NO/c1-19-16-20(6-7-23(19)38-21-8-13-37-15-11-32-26(37)17-21)35-28-27-22(33-18-34-28)4-3-5-24(27)39-25-9-12-36(2)14-10-29(25,30)31;1-13-9-14(27-21-20-16(22)3-2-4-17(20)23-11-25-21)5-6-18(13)29-15-7-8-28-19(10-15)24-12-26-28;1-10-4-2-6(11)7(8,9)3-5-10/h3-8,11,13,15-18,25H,9-10,12,14H2,1-2H3,(H,33,34,35);2-12H,1H3,(H,23,25,27);6,11H,2-5H2,1H3. The first kappa shape index (κ1) is 53.8. The highest BCUT2D eigenvalue weighted by atomic mass is 19.3. The zero-order valence-corrected chi connectivity index (χ0v) is 43.6. The van der Waals surface area contributed by atoms with Gasteiger partial charge in [-0.15, -0.1) is 0 Å². The number of imidazole rings is 1. The number of ether oxygens (including phenoxy) is 3. The van der Waals surface area contributed by atoms with E-state index in [1.807, 2.05) is 114 Å². The Kier molecular flexibility index (Phi) is 15.8. The Morgan fingerprint density at radius 1 is 0.582 bits per heavy atom. The number of rotatable bonds is 10. The van der Waals surface area contributed by atoms with E-state index in [2.05, 4.69) is 45.6 Å². The predicted octanol–water partition coefficient (Wildman–Crippen LogP) is 11.6. The largest absolute Gasteiger partial charge is 0.483 e. The van der Waals surface area contributed by atoms with E-state index in [1.54, 1.807) is 48.2 Å². The third-order valence-corrected chi connectivity index (χ3v) is 13.6. The number of aliphatic hydroxyl groups is 1. The summed E-state index contributed by atoms with van der Waals surface area (Å²) < 4.78 is 91.3. The lowest BCUT2D eigenvalue weighted by atomic mass is 10.1. The topological polar surface area (TPSA) is 178 Å². The highest BCUT2D eigenvalue weighted by Crippen LogP contribution is 2.38. The van der Waals surface area contributed by atoms with Crippen LogP contribution in [0.3, 0.4) is 0 Å². The lowest BCUT2D eigenvalue weighted by Crippen LogP contribution is -2.38. The first-order chi connectivity index (χ1) is 38.0. The van der Waals surface area contributed by atoms with Crippen molar-refractivity contribution in [1.82, 2.24) is 53.7 Å². The molecule has 2 atom stereocenters. The minimum absolute atomic E-state index is 0.170. The van der Waals surface area contributed by atoms with Crippen molar-refractivity contribution in [3.63, 3.8) is 0 Å². The second-order valence-corrected chi connectivity index (χ2v) is 19.5. The third kappa shape index (κ3) is 12.7. The minimum atomic E-state index is -2.94. The summed E-state index contributed by atoms with van der Waals surface area (Å²) in [6.45, 7) is 5.67. The Morgan fingerprint density at radius 3 is 1.85 bits per heavy atom. The number of hydrogen-bond donors (Lipinski definition) is 3. The van der Waals surface area contributed by atoms with Crippen molar-refractivity contribution in [3.8, 4) is 28.7 Å². The molecular formula is C57H56F5N13O4. The van der Waals surface area contributed by atoms with Gasteiger partial charge in [0.2, 0.25) is 0 Å². The highest BCUT2D eigenvalue weighted by molar-refractivity contribution is 5.96. The van der Waals surface area contributed by atoms with Crippen molar-refractivity contribution < 1.29 is 41.3 Å². The van der Waals surface area contributed by atoms with Crippen LogP contribution < -0.4 is 24.8 Å². The number of fused-ring (bicyclic) bond motifs is 4. The summed E-state index contributed by atoms with van der Waals surface area (Å²) in [6, 6.07) is 28.7. The van der Waals surface area contributed by atoms with Crippen LogP contribution >= 0.6 is 0 Å². The van der Waals surface area contributed by atoms with Crippen LogP contribution in [0.25, 0.3) is 33.1 Å². The SMILES string of the molecule is CN1CCC(O)C(F)(F)CC1.Cc1cc(Nc2ncnc3cccc(F)c23)ccc1Oc1ccn2ncnc2c1.Cc1cc(Nc2ncnc3cccc(OC4CCN(C)CCC4(F)F)c23)ccc1Oc1ccn2ccnc2c1. The van der Waals surface area contributed by atoms with Crippen LogP contribution in [-0.4, -0.2) is 123 Å². The molecule has 4 aromatic carbocycles. The molecular weight excluding hydrogens is 1030 g/mol. The van der Waals surface area contributed by atoms with Crippen LogP contribution in [0.15, 0.2) is 141 Å². The van der Waals surface area contributed by atoms with E-state index in [0.717, 1.165) is 28.1 Å². The summed E-state index contributed by atoms with van der Waals surface area (Å²) in [6.07, 6.45) is 8.87. The quantitative estimate of drug-likeness (QED) is 0.110. The summed E-state index contributed by atoms with van der Waals surface area (Å²) in [5, 5.41) is 20.4. The fraction of sp³-hybridized carbons (Fsp3) is 0.281. The zero-order valence-electron chi connectivity index (χ0n) is 43.6. The Balaban J connectivity index is 0.000000154. The Labute approximate surface area is 450 Å². The van der Waals surface area contributed by atoms with E-state index in [4.69, 9.17) is 19.3 Å². The Hall–Kier alpha value is -8.60. The number of aryl methyl sites for hydroxylation is 2. The van der Waals surface area contributed by atoms with E-state index in [0.29, 0.717) is 94.0 Å². The molecule has 408 valence electrons. The van der Waals surface area contributed by atoms with Crippen LogP contribution in [0, 0.1) is 19.7 Å². The van der Waals surface area contributed by atoms with Gasteiger partial charge in [-0.25, -0.2) is 56.4 Å². The smallest absolute Gasteiger partial charge is 0.285 e. The van der Waals surface area contributed by atoms with Crippen molar-refractivity contribution in [3.05, 3.63) is 158 Å². The predicted molar refractivity (Wildman–Crippen MR) is 290 cm³/mol. The lowest BCUT2D eigenvalue weighted by Gasteiger charge is -2.26. The summed E-state index contributed by atoms with van der Waals surface area (Å²) in [5.41, 5.74) is 6.00. The molecule has 10 aromatic rings. The molecule has 0 amide bonds. The van der Waals surface area contributed by atoms with Crippen molar-refractivity contribution in [2.45, 2.75) is 63.6 Å². The molecule has 2 fully saturated rings. The second kappa shape index (κ2) is 23.2. The average molecular weight is 1080 g/mol. The monoisotopic (exact) mass is 1080 g/mol. The molecule has 0 saturated carbocycles. The van der Waals surface area contributed by atoms with Crippen LogP contribution in [0.2, 0.25) is 0 Å². The van der Waals surface area contributed by atoms with Gasteiger partial charge in [-0.1, -0.05) is 12.1 Å². The molecule has 0 bridgehead atoms. The summed E-state index contributed by atoms with van der Waals surface area (Å²) >= 11 is 0. The molecule has 2 aliphatic heterocycles. The number of nitrogens with zero attached hydrogens (tertiary/aromatic N) is 11. The van der Waals surface area contributed by atoms with Crippen molar-refractivity contribution in [2.75, 3.05) is 50.9 Å². The summed E-state index contributed by atoms with van der Waals surface area (Å²) in [7, 11) is 3.64. The molecule has 6 aromatic heterocycles. The lowest BCUT2D eigenvalue weighted by molar-refractivity contribution is -0.108. The van der Waals surface area contributed by atoms with E-state index >= 15 is 0 Å². The number of aliphatic hydroxyl groups excluding tert-OH is 1. The molecule has 2 unspecified atom stereocenters. The van der Waals surface area contributed by atoms with Gasteiger partial charge in [0.15, 0.2) is 11.8 Å². The minimum Gasteiger partial charge on any atom is -0.483 e. The number of halogens is 5. The molecule has 12 rings (SSSR count). The van der Waals surface area contributed by atoms with Crippen molar-refractivity contribution in [1.29, 1.82) is 0 Å². The number of benzene rings is 4. The molecule has 8 heterocycles. The van der Waals surface area contributed by atoms with Gasteiger partial charge in [0.05, 0.1) is 21.8 Å². The molecule has 22 heteroatoms. The zero-order chi connectivity index (χ0) is 55.3. The maximum absolute atomic E-state index is 14.9. The maximum atomic E-state index is 14.9. The molecule has 3 N–H and O–H groups in total. The van der Waals surface area contributed by atoms with Crippen LogP contribution in [0.4, 0.5) is 45.0 Å². The van der Waals surface area contributed by atoms with Crippen LogP contribution in [0.5, 0.6) is 28.7 Å². The first-order valence-corrected chi connectivity index (χ1v) is 25.5. The Morgan fingerprint density at radius 2 is 1.18 bits per heavy atom. The van der Waals surface area contributed by atoms with Gasteiger partial charge in [0, 0.05) is 93.7 Å². The number of aromatic nitrogens is 9. The van der Waals surface area contributed by atoms with E-state index in [-0.39, 0.29) is 31.5 Å². The molecule has 0 radical (unpaired) electrons. The fourth-order valence-electron chi connectivity index (χ4n) is 9.09. The molecule has 2 saturated heterocycles. The van der Waals surface area contributed by atoms with E-state index in [1.165, 1.54) is 25.0 Å². The molecule has 0 aliphatic carbocycles.